The number of ether oxygens (including phenoxy) is 1. The number of hydrogen-bond acceptors (Lipinski definition) is 2. The number of likely N-dealkylation sites (N-methyl/N-ethyl adjacent to an activating group) is 1. The Hall–Kier alpha value is -0.540. The van der Waals surface area contributed by atoms with E-state index < -0.39 is 0 Å². The minimum Gasteiger partial charge on any atom is -0.456 e. The standard InChI is InChI=1S/C8H15NO2.ClH/c1-7(2)8(10)11-6-5-9(3)4;/h1,5-6H2,2-4H3;1H/p+1. The molecular formula is C8H17ClNO2+. The van der Waals surface area contributed by atoms with Gasteiger partial charge in [-0.05, 0) is 6.92 Å². The fourth-order valence-corrected chi connectivity index (χ4v) is 0.471. The summed E-state index contributed by atoms with van der Waals surface area (Å²) in [6.07, 6.45) is 0. The van der Waals surface area contributed by atoms with Crippen LogP contribution < -0.4 is 4.90 Å². The molecule has 0 fully saturated rings. The number of carbonyl (C=O) groups excluding carboxylic acids is 1. The first-order valence-corrected chi connectivity index (χ1v) is 3.65. The molecule has 72 valence electrons. The molecule has 0 saturated carbocycles. The molecule has 12 heavy (non-hydrogen) atoms. The number of carbonyl (C=O) groups is 1. The van der Waals surface area contributed by atoms with Crippen LogP contribution in [0.25, 0.3) is 0 Å². The van der Waals surface area contributed by atoms with E-state index in [1.807, 2.05) is 14.1 Å². The lowest BCUT2D eigenvalue weighted by molar-refractivity contribution is -0.858. The molecule has 0 rings (SSSR count). The van der Waals surface area contributed by atoms with E-state index in [0.29, 0.717) is 12.2 Å². The van der Waals surface area contributed by atoms with E-state index >= 15 is 0 Å². The van der Waals surface area contributed by atoms with Crippen LogP contribution in [0.2, 0.25) is 0 Å². The van der Waals surface area contributed by atoms with Gasteiger partial charge in [0.15, 0.2) is 0 Å². The van der Waals surface area contributed by atoms with Crippen LogP contribution in [0.5, 0.6) is 0 Å². The van der Waals surface area contributed by atoms with Gasteiger partial charge in [-0.15, -0.1) is 12.4 Å². The number of quaternary nitrogens is 1. The molecule has 3 nitrogen and oxygen atoms in total. The van der Waals surface area contributed by atoms with Gasteiger partial charge in [0.05, 0.1) is 14.1 Å². The van der Waals surface area contributed by atoms with Crippen LogP contribution in [0.3, 0.4) is 0 Å². The van der Waals surface area contributed by atoms with Crippen LogP contribution in [-0.4, -0.2) is 33.2 Å². The van der Waals surface area contributed by atoms with Gasteiger partial charge in [-0.3, -0.25) is 0 Å². The van der Waals surface area contributed by atoms with Gasteiger partial charge in [-0.25, -0.2) is 4.79 Å². The SMILES string of the molecule is C=C(C)C(=O)OCC[NH+](C)C.Cl. The van der Waals surface area contributed by atoms with Crippen molar-refractivity contribution in [3.8, 4) is 0 Å². The zero-order valence-electron chi connectivity index (χ0n) is 7.85. The van der Waals surface area contributed by atoms with Crippen molar-refractivity contribution >= 4 is 18.4 Å². The van der Waals surface area contributed by atoms with E-state index in [4.69, 9.17) is 4.74 Å². The highest BCUT2D eigenvalue weighted by atomic mass is 35.5. The molecule has 0 heterocycles. The van der Waals surface area contributed by atoms with Crippen molar-refractivity contribution in [2.75, 3.05) is 27.2 Å². The molecule has 0 atom stereocenters. The molecule has 0 aliphatic rings. The number of rotatable bonds is 4. The minimum atomic E-state index is -0.300. The summed E-state index contributed by atoms with van der Waals surface area (Å²) in [6, 6.07) is 0. The van der Waals surface area contributed by atoms with Gasteiger partial charge < -0.3 is 9.64 Å². The van der Waals surface area contributed by atoms with Crippen LogP contribution in [0.1, 0.15) is 6.92 Å². The molecule has 0 bridgehead atoms. The normalized spacial score (nSPS) is 9.00. The summed E-state index contributed by atoms with van der Waals surface area (Å²) in [5.74, 6) is -0.300. The Morgan fingerprint density at radius 3 is 2.33 bits per heavy atom. The van der Waals surface area contributed by atoms with Crippen molar-refractivity contribution in [3.05, 3.63) is 12.2 Å². The van der Waals surface area contributed by atoms with E-state index in [1.54, 1.807) is 6.92 Å². The van der Waals surface area contributed by atoms with E-state index in [0.717, 1.165) is 6.54 Å². The fourth-order valence-electron chi connectivity index (χ4n) is 0.471. The molecule has 0 aromatic heterocycles. The average Bonchev–Trinajstić information content (AvgIpc) is 1.86. The lowest BCUT2D eigenvalue weighted by Crippen LogP contribution is -3.06. The molecule has 0 aromatic rings. The summed E-state index contributed by atoms with van der Waals surface area (Å²) in [4.78, 5) is 12.1. The van der Waals surface area contributed by atoms with Gasteiger partial charge in [0, 0.05) is 5.57 Å². The predicted molar refractivity (Wildman–Crippen MR) is 50.7 cm³/mol. The average molecular weight is 195 g/mol. The number of nitrogens with one attached hydrogen (secondary N) is 1. The maximum absolute atomic E-state index is 10.8. The summed E-state index contributed by atoms with van der Waals surface area (Å²) in [5.41, 5.74) is 0.457. The molecule has 0 aliphatic heterocycles. The summed E-state index contributed by atoms with van der Waals surface area (Å²) >= 11 is 0. The van der Waals surface area contributed by atoms with Crippen LogP contribution in [0.4, 0.5) is 0 Å². The highest BCUT2D eigenvalue weighted by Gasteiger charge is 2.02. The Balaban J connectivity index is 0. The largest absolute Gasteiger partial charge is 0.456 e. The van der Waals surface area contributed by atoms with Crippen molar-refractivity contribution in [2.45, 2.75) is 6.92 Å². The van der Waals surface area contributed by atoms with Crippen LogP contribution in [0, 0.1) is 0 Å². The van der Waals surface area contributed by atoms with Crippen LogP contribution in [-0.2, 0) is 9.53 Å². The van der Waals surface area contributed by atoms with E-state index in [2.05, 4.69) is 6.58 Å². The van der Waals surface area contributed by atoms with E-state index in [-0.39, 0.29) is 18.4 Å². The summed E-state index contributed by atoms with van der Waals surface area (Å²) in [7, 11) is 4.02. The molecular weight excluding hydrogens is 178 g/mol. The molecule has 0 saturated heterocycles. The lowest BCUT2D eigenvalue weighted by atomic mass is 10.4. The van der Waals surface area contributed by atoms with E-state index in [1.165, 1.54) is 4.90 Å². The monoisotopic (exact) mass is 194 g/mol. The third-order valence-corrected chi connectivity index (χ3v) is 1.18. The predicted octanol–water partition coefficient (Wildman–Crippen LogP) is -0.328. The van der Waals surface area contributed by atoms with Gasteiger partial charge in [0.1, 0.15) is 13.2 Å². The number of esters is 1. The molecule has 0 aromatic carbocycles. The first-order chi connectivity index (χ1) is 5.04. The zero-order valence-corrected chi connectivity index (χ0v) is 8.66. The van der Waals surface area contributed by atoms with Crippen molar-refractivity contribution in [3.63, 3.8) is 0 Å². The highest BCUT2D eigenvalue weighted by Crippen LogP contribution is 1.89. The molecule has 0 unspecified atom stereocenters. The van der Waals surface area contributed by atoms with Crippen molar-refractivity contribution in [1.82, 2.24) is 0 Å². The van der Waals surface area contributed by atoms with Gasteiger partial charge >= 0.3 is 5.97 Å². The third-order valence-electron chi connectivity index (χ3n) is 1.18. The van der Waals surface area contributed by atoms with Crippen molar-refractivity contribution < 1.29 is 14.4 Å². The third kappa shape index (κ3) is 7.57. The molecule has 0 amide bonds. The Bertz CT molecular complexity index is 157. The van der Waals surface area contributed by atoms with Crippen molar-refractivity contribution in [1.29, 1.82) is 0 Å². The molecule has 0 radical (unpaired) electrons. The topological polar surface area (TPSA) is 30.7 Å². The van der Waals surface area contributed by atoms with Gasteiger partial charge in [0.25, 0.3) is 0 Å². The van der Waals surface area contributed by atoms with Crippen LogP contribution >= 0.6 is 12.4 Å². The Morgan fingerprint density at radius 1 is 1.50 bits per heavy atom. The number of halogens is 1. The Morgan fingerprint density at radius 2 is 2.00 bits per heavy atom. The lowest BCUT2D eigenvalue weighted by Gasteiger charge is -2.07. The second-order valence-electron chi connectivity index (χ2n) is 2.87. The van der Waals surface area contributed by atoms with E-state index in [9.17, 15) is 4.79 Å². The van der Waals surface area contributed by atoms with Gasteiger partial charge in [-0.1, -0.05) is 6.58 Å². The first-order valence-electron chi connectivity index (χ1n) is 3.65. The Kier molecular flexibility index (Phi) is 8.32. The molecule has 4 heteroatoms. The second kappa shape index (κ2) is 7.13. The van der Waals surface area contributed by atoms with Crippen molar-refractivity contribution in [2.24, 2.45) is 0 Å². The quantitative estimate of drug-likeness (QED) is 0.491. The van der Waals surface area contributed by atoms with Crippen LogP contribution in [0.15, 0.2) is 12.2 Å². The second-order valence-corrected chi connectivity index (χ2v) is 2.87. The highest BCUT2D eigenvalue weighted by molar-refractivity contribution is 5.86. The fraction of sp³-hybridized carbons (Fsp3) is 0.625. The summed E-state index contributed by atoms with van der Waals surface area (Å²) in [6.45, 7) is 6.41. The molecule has 0 spiro atoms. The summed E-state index contributed by atoms with van der Waals surface area (Å²) < 4.78 is 4.85. The minimum absolute atomic E-state index is 0. The molecule has 0 aliphatic carbocycles. The maximum Gasteiger partial charge on any atom is 0.333 e. The Labute approximate surface area is 79.8 Å². The molecule has 1 N–H and O–H groups in total. The first kappa shape index (κ1) is 14.0. The zero-order chi connectivity index (χ0) is 8.85. The maximum atomic E-state index is 10.8. The van der Waals surface area contributed by atoms with Gasteiger partial charge in [0.2, 0.25) is 0 Å². The smallest absolute Gasteiger partial charge is 0.333 e. The van der Waals surface area contributed by atoms with Gasteiger partial charge in [-0.2, -0.15) is 0 Å². The summed E-state index contributed by atoms with van der Waals surface area (Å²) in [5, 5.41) is 0. The number of hydrogen-bond donors (Lipinski definition) is 1.